The van der Waals surface area contributed by atoms with Gasteiger partial charge in [0.2, 0.25) is 5.91 Å². The molecule has 3 aromatic rings. The first-order valence-electron chi connectivity index (χ1n) is 12.3. The molecule has 1 fully saturated rings. The van der Waals surface area contributed by atoms with Crippen LogP contribution < -0.4 is 19.7 Å². The van der Waals surface area contributed by atoms with Crippen LogP contribution in [-0.4, -0.2) is 88.2 Å². The molecule has 2 bridgehead atoms. The summed E-state index contributed by atoms with van der Waals surface area (Å²) in [6.45, 7) is 3.06. The molecule has 12 heteroatoms. The number of carbonyl (C=O) groups is 2. The Bertz CT molecular complexity index is 1300. The average molecular weight is 506 g/mol. The van der Waals surface area contributed by atoms with E-state index in [-0.39, 0.29) is 42.8 Å². The third-order valence-electron chi connectivity index (χ3n) is 6.64. The number of nitrogens with zero attached hydrogens (tertiary/aromatic N) is 6. The van der Waals surface area contributed by atoms with Crippen LogP contribution in [0.3, 0.4) is 0 Å². The number of carbonyl (C=O) groups excluding carboxylic acids is 2. The minimum atomic E-state index is -0.356. The van der Waals surface area contributed by atoms with E-state index in [0.29, 0.717) is 56.6 Å². The van der Waals surface area contributed by atoms with E-state index in [1.807, 2.05) is 35.4 Å². The molecule has 1 aromatic carbocycles. The summed E-state index contributed by atoms with van der Waals surface area (Å²) in [5, 5.41) is 11.4. The summed E-state index contributed by atoms with van der Waals surface area (Å²) in [5.41, 5.74) is 1.66. The van der Waals surface area contributed by atoms with Gasteiger partial charge >= 0.3 is 0 Å². The minimum absolute atomic E-state index is 0.0317. The van der Waals surface area contributed by atoms with Crippen molar-refractivity contribution < 1.29 is 23.8 Å². The van der Waals surface area contributed by atoms with Crippen molar-refractivity contribution in [3.8, 4) is 11.5 Å². The monoisotopic (exact) mass is 505 g/mol. The van der Waals surface area contributed by atoms with Crippen molar-refractivity contribution in [3.63, 3.8) is 0 Å². The molecule has 0 spiro atoms. The third-order valence-corrected chi connectivity index (χ3v) is 6.64. The number of benzene rings is 1. The summed E-state index contributed by atoms with van der Waals surface area (Å²) in [5.74, 6) is 0.716. The van der Waals surface area contributed by atoms with Crippen LogP contribution in [0.1, 0.15) is 16.2 Å². The second-order valence-corrected chi connectivity index (χ2v) is 9.16. The molecule has 0 aliphatic carbocycles. The van der Waals surface area contributed by atoms with E-state index in [2.05, 4.69) is 20.6 Å². The van der Waals surface area contributed by atoms with Crippen molar-refractivity contribution in [2.24, 2.45) is 0 Å². The number of amides is 2. The summed E-state index contributed by atoms with van der Waals surface area (Å²) < 4.78 is 19.4. The Morgan fingerprint density at radius 1 is 1.05 bits per heavy atom. The maximum Gasteiger partial charge on any atom is 0.274 e. The number of fused-ring (bicyclic) bond motifs is 5. The molecule has 0 unspecified atom stereocenters. The van der Waals surface area contributed by atoms with Crippen molar-refractivity contribution in [2.45, 2.75) is 25.3 Å². The molecule has 3 aliphatic rings. The van der Waals surface area contributed by atoms with Crippen LogP contribution in [0.2, 0.25) is 0 Å². The van der Waals surface area contributed by atoms with Gasteiger partial charge in [-0.1, -0.05) is 17.3 Å². The van der Waals surface area contributed by atoms with Gasteiger partial charge in [-0.15, -0.1) is 5.10 Å². The molecule has 5 heterocycles. The molecule has 2 atom stereocenters. The summed E-state index contributed by atoms with van der Waals surface area (Å²) in [7, 11) is 0. The molecule has 1 N–H and O–H groups in total. The number of pyridine rings is 1. The number of para-hydroxylation sites is 2. The quantitative estimate of drug-likeness (QED) is 0.530. The van der Waals surface area contributed by atoms with E-state index in [0.717, 1.165) is 5.69 Å². The van der Waals surface area contributed by atoms with Gasteiger partial charge in [-0.25, -0.2) is 9.67 Å². The number of likely N-dealkylation sites (tertiary alicyclic amines) is 1. The summed E-state index contributed by atoms with van der Waals surface area (Å²) in [6.07, 6.45) is 3.02. The second-order valence-electron chi connectivity index (χ2n) is 9.16. The van der Waals surface area contributed by atoms with Crippen molar-refractivity contribution in [2.75, 3.05) is 44.3 Å². The van der Waals surface area contributed by atoms with Gasteiger partial charge in [-0.3, -0.25) is 14.5 Å². The standard InChI is InChI=1S/C25H27N7O5/c33-23(32-9-11-35-20-5-2-1-4-19(20)32)15-30-13-18-22(14-30)37-16-17-12-31(29-28-17)8-10-36-21-6-3-7-26-24(21)25(34)27-18/h1-7,12,18,22H,8-11,13-16H2,(H,27,34)/t18-,22-/m0/s1. The van der Waals surface area contributed by atoms with Crippen molar-refractivity contribution in [1.82, 2.24) is 30.2 Å². The molecular formula is C25H27N7O5. The minimum Gasteiger partial charge on any atom is -0.490 e. The molecule has 0 saturated carbocycles. The van der Waals surface area contributed by atoms with Gasteiger partial charge in [-0.05, 0) is 24.3 Å². The van der Waals surface area contributed by atoms with Gasteiger partial charge in [0, 0.05) is 19.3 Å². The van der Waals surface area contributed by atoms with Crippen LogP contribution in [0.15, 0.2) is 48.8 Å². The fraction of sp³-hybridized carbons (Fsp3) is 0.400. The first-order valence-corrected chi connectivity index (χ1v) is 12.3. The summed E-state index contributed by atoms with van der Waals surface area (Å²) >= 11 is 0. The molecular weight excluding hydrogens is 478 g/mol. The molecule has 0 radical (unpaired) electrons. The van der Waals surface area contributed by atoms with Gasteiger partial charge in [0.25, 0.3) is 5.91 Å². The van der Waals surface area contributed by atoms with Crippen LogP contribution in [-0.2, 0) is 22.7 Å². The van der Waals surface area contributed by atoms with Gasteiger partial charge in [-0.2, -0.15) is 0 Å². The highest BCUT2D eigenvalue weighted by molar-refractivity contribution is 5.97. The summed E-state index contributed by atoms with van der Waals surface area (Å²) in [6, 6.07) is 10.6. The lowest BCUT2D eigenvalue weighted by molar-refractivity contribution is -0.119. The fourth-order valence-corrected chi connectivity index (χ4v) is 4.86. The molecule has 6 rings (SSSR count). The van der Waals surface area contributed by atoms with E-state index in [1.165, 1.54) is 0 Å². The molecule has 192 valence electrons. The largest absolute Gasteiger partial charge is 0.490 e. The fourth-order valence-electron chi connectivity index (χ4n) is 4.86. The van der Waals surface area contributed by atoms with E-state index in [1.54, 1.807) is 27.9 Å². The van der Waals surface area contributed by atoms with E-state index in [4.69, 9.17) is 14.2 Å². The number of nitrogens with one attached hydrogen (secondary N) is 1. The van der Waals surface area contributed by atoms with E-state index < -0.39 is 0 Å². The summed E-state index contributed by atoms with van der Waals surface area (Å²) in [4.78, 5) is 34.5. The van der Waals surface area contributed by atoms with E-state index >= 15 is 0 Å². The lowest BCUT2D eigenvalue weighted by Gasteiger charge is -2.30. The van der Waals surface area contributed by atoms with Crippen LogP contribution >= 0.6 is 0 Å². The molecule has 2 amide bonds. The van der Waals surface area contributed by atoms with Gasteiger partial charge in [0.15, 0.2) is 11.4 Å². The Balaban J connectivity index is 1.21. The number of anilines is 1. The zero-order chi connectivity index (χ0) is 25.2. The number of hydrogen-bond acceptors (Lipinski definition) is 9. The first-order chi connectivity index (χ1) is 18.1. The van der Waals surface area contributed by atoms with Gasteiger partial charge < -0.3 is 24.4 Å². The lowest BCUT2D eigenvalue weighted by Crippen LogP contribution is -2.45. The average Bonchev–Trinajstić information content (AvgIpc) is 3.53. The molecule has 12 nitrogen and oxygen atoms in total. The lowest BCUT2D eigenvalue weighted by atomic mass is 10.2. The highest BCUT2D eigenvalue weighted by Crippen LogP contribution is 2.31. The first kappa shape index (κ1) is 23.4. The predicted octanol–water partition coefficient (Wildman–Crippen LogP) is 0.491. The van der Waals surface area contributed by atoms with Crippen molar-refractivity contribution in [3.05, 3.63) is 60.2 Å². The van der Waals surface area contributed by atoms with Crippen LogP contribution in [0, 0.1) is 0 Å². The SMILES string of the molecule is O=C1N[C@H]2CN(CC(=O)N3CCOc4ccccc43)C[C@@H]2OCc2cn(nn2)CCOc2cccnc21. The highest BCUT2D eigenvalue weighted by Gasteiger charge is 2.37. The third kappa shape index (κ3) is 4.98. The highest BCUT2D eigenvalue weighted by atomic mass is 16.5. The Labute approximate surface area is 213 Å². The molecule has 37 heavy (non-hydrogen) atoms. The smallest absolute Gasteiger partial charge is 0.274 e. The molecule has 1 saturated heterocycles. The number of aromatic nitrogens is 4. The Morgan fingerprint density at radius 2 is 1.89 bits per heavy atom. The zero-order valence-electron chi connectivity index (χ0n) is 20.2. The maximum atomic E-state index is 13.3. The maximum absolute atomic E-state index is 13.3. The Kier molecular flexibility index (Phi) is 6.41. The number of hydrogen-bond donors (Lipinski definition) is 1. The van der Waals surface area contributed by atoms with Gasteiger partial charge in [0.05, 0.1) is 50.3 Å². The van der Waals surface area contributed by atoms with Crippen LogP contribution in [0.5, 0.6) is 11.5 Å². The Morgan fingerprint density at radius 3 is 2.84 bits per heavy atom. The van der Waals surface area contributed by atoms with Crippen molar-refractivity contribution >= 4 is 17.5 Å². The zero-order valence-corrected chi connectivity index (χ0v) is 20.2. The van der Waals surface area contributed by atoms with Gasteiger partial charge in [0.1, 0.15) is 24.7 Å². The Hall–Kier alpha value is -4.03. The number of ether oxygens (including phenoxy) is 3. The van der Waals surface area contributed by atoms with Crippen molar-refractivity contribution in [1.29, 1.82) is 0 Å². The van der Waals surface area contributed by atoms with E-state index in [9.17, 15) is 9.59 Å². The second kappa shape index (κ2) is 10.1. The predicted molar refractivity (Wildman–Crippen MR) is 130 cm³/mol. The number of rotatable bonds is 2. The molecule has 3 aliphatic heterocycles. The van der Waals surface area contributed by atoms with Crippen LogP contribution in [0.4, 0.5) is 5.69 Å². The topological polar surface area (TPSA) is 124 Å². The molecule has 2 aromatic heterocycles. The van der Waals surface area contributed by atoms with Crippen LogP contribution in [0.25, 0.3) is 0 Å². The normalized spacial score (nSPS) is 21.9.